The number of fused-ring (bicyclic) bond motifs is 1. The van der Waals surface area contributed by atoms with E-state index >= 15 is 0 Å². The van der Waals surface area contributed by atoms with Crippen molar-refractivity contribution in [3.63, 3.8) is 0 Å². The molecule has 6 nitrogen and oxygen atoms in total. The normalized spacial score (nSPS) is 35.4. The molecule has 1 aliphatic carbocycles. The standard InChI is InChI=1S/C20H26O6/c1-11(2)8-17(22)25-16-10-20(5,24)7-6-14(21)12(3)9-15-18(16)13(4)19(23)26-15/h6-7,9,11,15-16,18,24H,4,8,10H2,1-3,5H3/b7-6+,12-9-/t15-,16-,18+,20+/m1/s1. The van der Waals surface area contributed by atoms with Crippen molar-refractivity contribution in [2.75, 3.05) is 0 Å². The van der Waals surface area contributed by atoms with Gasteiger partial charge in [-0.1, -0.05) is 20.4 Å². The van der Waals surface area contributed by atoms with Crippen molar-refractivity contribution >= 4 is 17.7 Å². The van der Waals surface area contributed by atoms with E-state index < -0.39 is 35.7 Å². The fourth-order valence-corrected chi connectivity index (χ4v) is 3.16. The maximum atomic E-state index is 12.2. The lowest BCUT2D eigenvalue weighted by molar-refractivity contribution is -0.155. The maximum absolute atomic E-state index is 12.2. The van der Waals surface area contributed by atoms with Crippen LogP contribution in [0.5, 0.6) is 0 Å². The van der Waals surface area contributed by atoms with Crippen LogP contribution in [0.2, 0.25) is 0 Å². The van der Waals surface area contributed by atoms with Crippen molar-refractivity contribution in [3.05, 3.63) is 36.0 Å². The fourth-order valence-electron chi connectivity index (χ4n) is 3.16. The Balaban J connectivity index is 2.43. The van der Waals surface area contributed by atoms with Crippen LogP contribution in [0.1, 0.15) is 40.5 Å². The molecule has 142 valence electrons. The van der Waals surface area contributed by atoms with Crippen molar-refractivity contribution in [2.45, 2.75) is 58.3 Å². The van der Waals surface area contributed by atoms with Crippen LogP contribution < -0.4 is 0 Å². The number of ketones is 1. The Bertz CT molecular complexity index is 682. The van der Waals surface area contributed by atoms with E-state index in [1.165, 1.54) is 19.1 Å². The Hall–Kier alpha value is -2.21. The number of rotatable bonds is 3. The van der Waals surface area contributed by atoms with E-state index in [-0.39, 0.29) is 30.1 Å². The highest BCUT2D eigenvalue weighted by atomic mass is 16.6. The van der Waals surface area contributed by atoms with Crippen molar-refractivity contribution < 1.29 is 29.0 Å². The number of aliphatic hydroxyl groups is 1. The molecule has 26 heavy (non-hydrogen) atoms. The largest absolute Gasteiger partial charge is 0.461 e. The molecule has 1 fully saturated rings. The van der Waals surface area contributed by atoms with Crippen molar-refractivity contribution in [3.8, 4) is 0 Å². The smallest absolute Gasteiger partial charge is 0.334 e. The number of carbonyl (C=O) groups is 3. The zero-order valence-electron chi connectivity index (χ0n) is 15.7. The molecule has 0 spiro atoms. The molecule has 0 unspecified atom stereocenters. The molecule has 0 amide bonds. The second kappa shape index (κ2) is 7.58. The summed E-state index contributed by atoms with van der Waals surface area (Å²) in [6.07, 6.45) is 2.89. The zero-order chi connectivity index (χ0) is 19.6. The Kier molecular flexibility index (Phi) is 5.86. The predicted molar refractivity (Wildman–Crippen MR) is 95.0 cm³/mol. The first kappa shape index (κ1) is 20.1. The number of esters is 2. The molecule has 1 aliphatic heterocycles. The highest BCUT2D eigenvalue weighted by Crippen LogP contribution is 2.37. The molecule has 0 bridgehead atoms. The summed E-state index contributed by atoms with van der Waals surface area (Å²) in [6, 6.07) is 0. The molecule has 4 atom stereocenters. The number of carbonyl (C=O) groups excluding carboxylic acids is 3. The highest BCUT2D eigenvalue weighted by Gasteiger charge is 2.46. The molecule has 0 aromatic rings. The monoisotopic (exact) mass is 362 g/mol. The van der Waals surface area contributed by atoms with Crippen molar-refractivity contribution in [2.24, 2.45) is 11.8 Å². The summed E-state index contributed by atoms with van der Waals surface area (Å²) in [7, 11) is 0. The molecule has 0 saturated carbocycles. The first-order valence-corrected chi connectivity index (χ1v) is 8.74. The van der Waals surface area contributed by atoms with Gasteiger partial charge in [0.2, 0.25) is 0 Å². The molecular formula is C20H26O6. The Morgan fingerprint density at radius 1 is 1.46 bits per heavy atom. The van der Waals surface area contributed by atoms with Gasteiger partial charge in [0, 0.05) is 18.4 Å². The van der Waals surface area contributed by atoms with Gasteiger partial charge in [0.05, 0.1) is 11.5 Å². The third-order valence-corrected chi connectivity index (χ3v) is 4.53. The van der Waals surface area contributed by atoms with Crippen LogP contribution in [-0.4, -0.2) is 40.6 Å². The minimum Gasteiger partial charge on any atom is -0.461 e. The van der Waals surface area contributed by atoms with Gasteiger partial charge in [-0.25, -0.2) is 4.79 Å². The zero-order valence-corrected chi connectivity index (χ0v) is 15.7. The Labute approximate surface area is 153 Å². The van der Waals surface area contributed by atoms with Gasteiger partial charge in [0.15, 0.2) is 5.78 Å². The summed E-state index contributed by atoms with van der Waals surface area (Å²) < 4.78 is 10.9. The third kappa shape index (κ3) is 4.69. The molecular weight excluding hydrogens is 336 g/mol. The second-order valence-corrected chi connectivity index (χ2v) is 7.66. The van der Waals surface area contributed by atoms with Crippen LogP contribution in [0.15, 0.2) is 36.0 Å². The van der Waals surface area contributed by atoms with E-state index in [0.29, 0.717) is 5.57 Å². The summed E-state index contributed by atoms with van der Waals surface area (Å²) in [5.41, 5.74) is -0.843. The summed E-state index contributed by atoms with van der Waals surface area (Å²) in [6.45, 7) is 10.7. The maximum Gasteiger partial charge on any atom is 0.334 e. The van der Waals surface area contributed by atoms with E-state index in [0.717, 1.165) is 0 Å². The lowest BCUT2D eigenvalue weighted by Crippen LogP contribution is -2.39. The average molecular weight is 362 g/mol. The molecule has 6 heteroatoms. The lowest BCUT2D eigenvalue weighted by Gasteiger charge is -2.31. The molecule has 1 N–H and O–H groups in total. The average Bonchev–Trinajstić information content (AvgIpc) is 2.77. The summed E-state index contributed by atoms with van der Waals surface area (Å²) in [5, 5.41) is 10.6. The van der Waals surface area contributed by atoms with Gasteiger partial charge in [-0.3, -0.25) is 9.59 Å². The highest BCUT2D eigenvalue weighted by molar-refractivity contribution is 6.03. The van der Waals surface area contributed by atoms with Gasteiger partial charge < -0.3 is 14.6 Å². The van der Waals surface area contributed by atoms with E-state index in [1.54, 1.807) is 13.0 Å². The Morgan fingerprint density at radius 2 is 2.12 bits per heavy atom. The van der Waals surface area contributed by atoms with E-state index in [9.17, 15) is 19.5 Å². The minimum absolute atomic E-state index is 0.0182. The van der Waals surface area contributed by atoms with Gasteiger partial charge in [0.25, 0.3) is 0 Å². The molecule has 2 rings (SSSR count). The first-order chi connectivity index (χ1) is 12.0. The van der Waals surface area contributed by atoms with Crippen molar-refractivity contribution in [1.29, 1.82) is 0 Å². The van der Waals surface area contributed by atoms with Crippen molar-refractivity contribution in [1.82, 2.24) is 0 Å². The number of ether oxygens (including phenoxy) is 2. The number of allylic oxidation sites excluding steroid dienone is 2. The van der Waals surface area contributed by atoms with Crippen LogP contribution in [0.4, 0.5) is 0 Å². The topological polar surface area (TPSA) is 89.9 Å². The molecule has 1 saturated heterocycles. The van der Waals surface area contributed by atoms with Crippen LogP contribution in [0.3, 0.4) is 0 Å². The molecule has 1 heterocycles. The van der Waals surface area contributed by atoms with Crippen LogP contribution in [0, 0.1) is 11.8 Å². The molecule has 0 aromatic heterocycles. The molecule has 2 aliphatic rings. The number of hydrogen-bond acceptors (Lipinski definition) is 6. The van der Waals surface area contributed by atoms with Crippen LogP contribution >= 0.6 is 0 Å². The molecule has 0 aromatic carbocycles. The Morgan fingerprint density at radius 3 is 2.73 bits per heavy atom. The third-order valence-electron chi connectivity index (χ3n) is 4.53. The van der Waals surface area contributed by atoms with E-state index in [4.69, 9.17) is 9.47 Å². The molecule has 0 radical (unpaired) electrons. The summed E-state index contributed by atoms with van der Waals surface area (Å²) >= 11 is 0. The lowest BCUT2D eigenvalue weighted by atomic mass is 9.82. The van der Waals surface area contributed by atoms with Gasteiger partial charge in [0.1, 0.15) is 12.2 Å². The minimum atomic E-state index is -1.40. The second-order valence-electron chi connectivity index (χ2n) is 7.66. The predicted octanol–water partition coefficient (Wildman–Crippen LogP) is 2.27. The van der Waals surface area contributed by atoms with Gasteiger partial charge >= 0.3 is 11.9 Å². The van der Waals surface area contributed by atoms with Gasteiger partial charge in [-0.2, -0.15) is 0 Å². The van der Waals surface area contributed by atoms with E-state index in [2.05, 4.69) is 6.58 Å². The van der Waals surface area contributed by atoms with Gasteiger partial charge in [-0.05, 0) is 43.6 Å². The quantitative estimate of drug-likeness (QED) is 0.612. The summed E-state index contributed by atoms with van der Waals surface area (Å²) in [4.78, 5) is 36.4. The van der Waals surface area contributed by atoms with E-state index in [1.807, 2.05) is 13.8 Å². The van der Waals surface area contributed by atoms with Gasteiger partial charge in [-0.15, -0.1) is 0 Å². The van der Waals surface area contributed by atoms with Crippen LogP contribution in [0.25, 0.3) is 0 Å². The summed E-state index contributed by atoms with van der Waals surface area (Å²) in [5.74, 6) is -1.83. The SMILES string of the molecule is C=C1C(=O)O[C@@H]2/C=C(/C)C(=O)/C=C/[C@](C)(O)C[C@@H](OC(=O)CC(C)C)[C@@H]12. The fraction of sp³-hybridized carbons (Fsp3) is 0.550. The number of hydrogen-bond donors (Lipinski definition) is 1. The van der Waals surface area contributed by atoms with Crippen LogP contribution in [-0.2, 0) is 23.9 Å². The first-order valence-electron chi connectivity index (χ1n) is 8.74.